The van der Waals surface area contributed by atoms with Crippen LogP contribution in [-0.2, 0) is 0 Å². The number of allylic oxidation sites excluding steroid dienone is 1. The second kappa shape index (κ2) is 6.98. The monoisotopic (exact) mass is 394 g/mol. The fourth-order valence-electron chi connectivity index (χ4n) is 3.96. The van der Waals surface area contributed by atoms with E-state index in [1.807, 2.05) is 42.5 Å². The van der Waals surface area contributed by atoms with E-state index < -0.39 is 5.92 Å². The molecule has 146 valence electrons. The highest BCUT2D eigenvalue weighted by Gasteiger charge is 2.35. The van der Waals surface area contributed by atoms with Crippen LogP contribution in [-0.4, -0.2) is 17.3 Å². The molecule has 6 nitrogen and oxygen atoms in total. The molecular formula is C24H18N4O2. The van der Waals surface area contributed by atoms with Crippen LogP contribution >= 0.6 is 0 Å². The molecule has 0 radical (unpaired) electrons. The summed E-state index contributed by atoms with van der Waals surface area (Å²) in [6, 6.07) is 24.2. The van der Waals surface area contributed by atoms with Gasteiger partial charge in [0.15, 0.2) is 0 Å². The third-order valence-corrected chi connectivity index (χ3v) is 5.40. The van der Waals surface area contributed by atoms with Crippen molar-refractivity contribution < 1.29 is 9.47 Å². The van der Waals surface area contributed by atoms with Crippen LogP contribution in [0.5, 0.6) is 11.6 Å². The zero-order chi connectivity index (χ0) is 20.7. The van der Waals surface area contributed by atoms with E-state index in [-0.39, 0.29) is 5.88 Å². The molecule has 3 N–H and O–H groups in total. The van der Waals surface area contributed by atoms with E-state index in [2.05, 4.69) is 40.5 Å². The van der Waals surface area contributed by atoms with Crippen LogP contribution in [0.15, 0.2) is 78.2 Å². The number of fused-ring (bicyclic) bond motifs is 2. The minimum atomic E-state index is -0.400. The second-order valence-electron chi connectivity index (χ2n) is 7.08. The third kappa shape index (κ3) is 2.76. The molecule has 1 unspecified atom stereocenters. The maximum Gasteiger partial charge on any atom is 0.244 e. The average molecular weight is 394 g/mol. The lowest BCUT2D eigenvalue weighted by atomic mass is 9.82. The molecule has 2 heterocycles. The van der Waals surface area contributed by atoms with Crippen LogP contribution in [0.1, 0.15) is 17.0 Å². The lowest BCUT2D eigenvalue weighted by molar-refractivity contribution is 0.379. The summed E-state index contributed by atoms with van der Waals surface area (Å²) in [6.07, 6.45) is 0. The van der Waals surface area contributed by atoms with E-state index >= 15 is 0 Å². The molecular weight excluding hydrogens is 376 g/mol. The van der Waals surface area contributed by atoms with Crippen molar-refractivity contribution in [1.82, 2.24) is 10.2 Å². The van der Waals surface area contributed by atoms with E-state index in [1.54, 1.807) is 7.11 Å². The van der Waals surface area contributed by atoms with Crippen molar-refractivity contribution in [2.75, 3.05) is 7.11 Å². The minimum Gasteiger partial charge on any atom is -0.497 e. The van der Waals surface area contributed by atoms with Gasteiger partial charge in [0.1, 0.15) is 17.4 Å². The highest BCUT2D eigenvalue weighted by Crippen LogP contribution is 2.46. The van der Waals surface area contributed by atoms with E-state index in [9.17, 15) is 5.26 Å². The van der Waals surface area contributed by atoms with Crippen molar-refractivity contribution in [3.05, 3.63) is 89.3 Å². The van der Waals surface area contributed by atoms with Gasteiger partial charge in [0.25, 0.3) is 0 Å². The Kier molecular flexibility index (Phi) is 4.15. The first kappa shape index (κ1) is 17.8. The zero-order valence-corrected chi connectivity index (χ0v) is 16.2. The van der Waals surface area contributed by atoms with Crippen LogP contribution < -0.4 is 15.2 Å². The summed E-state index contributed by atoms with van der Waals surface area (Å²) in [5.74, 6) is 0.781. The Morgan fingerprint density at radius 1 is 1.07 bits per heavy atom. The van der Waals surface area contributed by atoms with Gasteiger partial charge in [0.05, 0.1) is 24.3 Å². The van der Waals surface area contributed by atoms with Crippen molar-refractivity contribution in [3.63, 3.8) is 0 Å². The van der Waals surface area contributed by atoms with Gasteiger partial charge in [-0.3, -0.25) is 5.10 Å². The Morgan fingerprint density at radius 3 is 2.70 bits per heavy atom. The first-order valence-corrected chi connectivity index (χ1v) is 9.48. The molecule has 1 aliphatic rings. The van der Waals surface area contributed by atoms with Crippen molar-refractivity contribution in [2.24, 2.45) is 5.73 Å². The number of benzene rings is 3. The molecule has 0 spiro atoms. The van der Waals surface area contributed by atoms with Gasteiger partial charge >= 0.3 is 0 Å². The number of methoxy groups -OCH3 is 1. The quantitative estimate of drug-likeness (QED) is 0.535. The van der Waals surface area contributed by atoms with Crippen LogP contribution in [0.3, 0.4) is 0 Å². The Balaban J connectivity index is 1.74. The smallest absolute Gasteiger partial charge is 0.244 e. The number of hydrogen-bond donors (Lipinski definition) is 2. The van der Waals surface area contributed by atoms with Gasteiger partial charge in [-0.15, -0.1) is 5.10 Å². The summed E-state index contributed by atoms with van der Waals surface area (Å²) in [7, 11) is 1.62. The van der Waals surface area contributed by atoms with Crippen LogP contribution in [0.4, 0.5) is 0 Å². The Bertz CT molecular complexity index is 1350. The van der Waals surface area contributed by atoms with Crippen LogP contribution in [0, 0.1) is 11.3 Å². The van der Waals surface area contributed by atoms with Crippen molar-refractivity contribution in [2.45, 2.75) is 5.92 Å². The normalized spacial score (nSPS) is 15.4. The number of hydrogen-bond acceptors (Lipinski definition) is 5. The molecule has 0 aliphatic carbocycles. The molecule has 1 aromatic heterocycles. The Labute approximate surface area is 173 Å². The number of aromatic nitrogens is 2. The van der Waals surface area contributed by atoms with Gasteiger partial charge in [-0.2, -0.15) is 5.26 Å². The first-order valence-electron chi connectivity index (χ1n) is 9.48. The lowest BCUT2D eigenvalue weighted by Crippen LogP contribution is -2.21. The predicted molar refractivity (Wildman–Crippen MR) is 114 cm³/mol. The van der Waals surface area contributed by atoms with Crippen LogP contribution in [0.2, 0.25) is 0 Å². The first-order chi connectivity index (χ1) is 14.7. The predicted octanol–water partition coefficient (Wildman–Crippen LogP) is 4.46. The topological polar surface area (TPSA) is 97.0 Å². The molecule has 0 saturated carbocycles. The molecule has 0 bridgehead atoms. The second-order valence-corrected chi connectivity index (χ2v) is 7.08. The molecule has 4 aromatic rings. The van der Waals surface area contributed by atoms with Crippen molar-refractivity contribution in [3.8, 4) is 29.0 Å². The highest BCUT2D eigenvalue weighted by molar-refractivity contribution is 5.84. The SMILES string of the molecule is COc1cccc(-c2[nH]nc3c2C(c2ccc4ccccc4c2)C(C#N)=C(N)O3)c1. The summed E-state index contributed by atoms with van der Waals surface area (Å²) in [5.41, 5.74) is 9.84. The van der Waals surface area contributed by atoms with Gasteiger partial charge in [0.2, 0.25) is 11.8 Å². The molecule has 1 atom stereocenters. The summed E-state index contributed by atoms with van der Waals surface area (Å²) >= 11 is 0. The van der Waals surface area contributed by atoms with E-state index in [1.165, 1.54) is 0 Å². The fourth-order valence-corrected chi connectivity index (χ4v) is 3.96. The summed E-state index contributed by atoms with van der Waals surface area (Å²) in [6.45, 7) is 0. The lowest BCUT2D eigenvalue weighted by Gasteiger charge is -2.24. The van der Waals surface area contributed by atoms with Gasteiger partial charge in [-0.1, -0.05) is 54.6 Å². The zero-order valence-electron chi connectivity index (χ0n) is 16.2. The highest BCUT2D eigenvalue weighted by atomic mass is 16.5. The van der Waals surface area contributed by atoms with Crippen molar-refractivity contribution >= 4 is 10.8 Å². The van der Waals surface area contributed by atoms with Crippen molar-refractivity contribution in [1.29, 1.82) is 5.26 Å². The maximum absolute atomic E-state index is 9.89. The fraction of sp³-hybridized carbons (Fsp3) is 0.0833. The Morgan fingerprint density at radius 2 is 1.90 bits per heavy atom. The molecule has 1 aliphatic heterocycles. The molecule has 0 saturated heterocycles. The molecule has 30 heavy (non-hydrogen) atoms. The Hall–Kier alpha value is -4.24. The summed E-state index contributed by atoms with van der Waals surface area (Å²) < 4.78 is 11.1. The van der Waals surface area contributed by atoms with Gasteiger partial charge < -0.3 is 15.2 Å². The number of H-pyrrole nitrogens is 1. The minimum absolute atomic E-state index is 0.0758. The number of nitrogens with two attached hydrogens (primary N) is 1. The molecule has 0 fully saturated rings. The van der Waals surface area contributed by atoms with E-state index in [4.69, 9.17) is 15.2 Å². The van der Waals surface area contributed by atoms with Gasteiger partial charge in [0, 0.05) is 5.56 Å². The summed E-state index contributed by atoms with van der Waals surface area (Å²) in [5, 5.41) is 19.5. The number of rotatable bonds is 3. The number of nitrogens with zero attached hydrogens (tertiary/aromatic N) is 2. The van der Waals surface area contributed by atoms with E-state index in [0.717, 1.165) is 38.9 Å². The molecule has 6 heteroatoms. The molecule has 3 aromatic carbocycles. The van der Waals surface area contributed by atoms with E-state index in [0.29, 0.717) is 11.5 Å². The van der Waals surface area contributed by atoms with Crippen LogP contribution in [0.25, 0.3) is 22.0 Å². The third-order valence-electron chi connectivity index (χ3n) is 5.40. The number of nitriles is 1. The number of aromatic amines is 1. The molecule has 5 rings (SSSR count). The summed E-state index contributed by atoms with van der Waals surface area (Å²) in [4.78, 5) is 0. The number of ether oxygens (including phenoxy) is 2. The number of nitrogens with one attached hydrogen (secondary N) is 1. The standard InChI is InChI=1S/C24H18N4O2/c1-29-18-8-4-7-17(12-18)22-21-20(19(13-25)23(26)30-24(21)28-27-22)16-10-9-14-5-2-3-6-15(14)11-16/h2-12,20H,26H2,1H3,(H,27,28). The molecule has 0 amide bonds. The van der Waals surface area contributed by atoms with Gasteiger partial charge in [-0.05, 0) is 28.5 Å². The average Bonchev–Trinajstić information content (AvgIpc) is 3.21. The van der Waals surface area contributed by atoms with Gasteiger partial charge in [-0.25, -0.2) is 0 Å². The largest absolute Gasteiger partial charge is 0.497 e. The maximum atomic E-state index is 9.89.